The molecule has 1 aromatic carbocycles. The van der Waals surface area contributed by atoms with Crippen LogP contribution in [0.15, 0.2) is 22.6 Å². The maximum atomic E-state index is 5.85. The van der Waals surface area contributed by atoms with Crippen LogP contribution in [0.2, 0.25) is 0 Å². The Hall–Kier alpha value is -1.06. The predicted octanol–water partition coefficient (Wildman–Crippen LogP) is 2.64. The van der Waals surface area contributed by atoms with Gasteiger partial charge in [-0.2, -0.15) is 0 Å². The SMILES string of the molecule is CNC(CCl)c1ccc2nc(C)oc2c1. The average molecular weight is 225 g/mol. The fraction of sp³-hybridized carbons (Fsp3) is 0.364. The summed E-state index contributed by atoms with van der Waals surface area (Å²) in [7, 11) is 1.89. The lowest BCUT2D eigenvalue weighted by Gasteiger charge is -2.12. The van der Waals surface area contributed by atoms with Gasteiger partial charge in [-0.25, -0.2) is 4.98 Å². The lowest BCUT2D eigenvalue weighted by atomic mass is 10.1. The smallest absolute Gasteiger partial charge is 0.192 e. The van der Waals surface area contributed by atoms with Crippen molar-refractivity contribution in [3.8, 4) is 0 Å². The molecule has 80 valence electrons. The first-order valence-electron chi connectivity index (χ1n) is 4.85. The number of aromatic nitrogens is 1. The number of aryl methyl sites for hydroxylation is 1. The van der Waals surface area contributed by atoms with Gasteiger partial charge in [0.1, 0.15) is 5.52 Å². The molecule has 2 aromatic rings. The second kappa shape index (κ2) is 4.21. The maximum absolute atomic E-state index is 5.85. The van der Waals surface area contributed by atoms with Gasteiger partial charge in [0.15, 0.2) is 11.5 Å². The van der Waals surface area contributed by atoms with Gasteiger partial charge in [0.2, 0.25) is 0 Å². The zero-order valence-corrected chi connectivity index (χ0v) is 9.51. The molecule has 1 atom stereocenters. The van der Waals surface area contributed by atoms with Gasteiger partial charge in [0, 0.05) is 18.8 Å². The normalized spacial score (nSPS) is 13.3. The highest BCUT2D eigenvalue weighted by molar-refractivity contribution is 6.18. The number of benzene rings is 1. The Morgan fingerprint density at radius 3 is 3.00 bits per heavy atom. The first-order valence-corrected chi connectivity index (χ1v) is 5.38. The van der Waals surface area contributed by atoms with Crippen molar-refractivity contribution in [3.05, 3.63) is 29.7 Å². The lowest BCUT2D eigenvalue weighted by molar-refractivity contribution is 0.559. The average Bonchev–Trinajstić information content (AvgIpc) is 2.59. The van der Waals surface area contributed by atoms with Crippen molar-refractivity contribution >= 4 is 22.7 Å². The van der Waals surface area contributed by atoms with E-state index in [9.17, 15) is 0 Å². The Bertz CT molecular complexity index is 463. The van der Waals surface area contributed by atoms with Crippen molar-refractivity contribution in [2.45, 2.75) is 13.0 Å². The maximum Gasteiger partial charge on any atom is 0.192 e. The van der Waals surface area contributed by atoms with E-state index in [2.05, 4.69) is 10.3 Å². The fourth-order valence-electron chi connectivity index (χ4n) is 1.61. The number of nitrogens with zero attached hydrogens (tertiary/aromatic N) is 1. The number of rotatable bonds is 3. The molecule has 4 heteroatoms. The summed E-state index contributed by atoms with van der Waals surface area (Å²) < 4.78 is 5.47. The molecule has 1 aromatic heterocycles. The highest BCUT2D eigenvalue weighted by atomic mass is 35.5. The fourth-order valence-corrected chi connectivity index (χ4v) is 1.94. The van der Waals surface area contributed by atoms with Crippen LogP contribution in [0, 0.1) is 6.92 Å². The molecule has 3 nitrogen and oxygen atoms in total. The van der Waals surface area contributed by atoms with Crippen LogP contribution < -0.4 is 5.32 Å². The predicted molar refractivity (Wildman–Crippen MR) is 61.3 cm³/mol. The van der Waals surface area contributed by atoms with Gasteiger partial charge in [0.05, 0.1) is 0 Å². The molecule has 0 saturated carbocycles. The van der Waals surface area contributed by atoms with Crippen molar-refractivity contribution in [1.82, 2.24) is 10.3 Å². The molecule has 0 spiro atoms. The second-order valence-corrected chi connectivity index (χ2v) is 3.76. The summed E-state index contributed by atoms with van der Waals surface area (Å²) in [6.45, 7) is 1.84. The molecule has 1 heterocycles. The van der Waals surface area contributed by atoms with E-state index >= 15 is 0 Å². The molecule has 0 aliphatic heterocycles. The summed E-state index contributed by atoms with van der Waals surface area (Å²) in [4.78, 5) is 4.25. The third-order valence-electron chi connectivity index (χ3n) is 2.42. The molecule has 1 unspecified atom stereocenters. The Kier molecular flexibility index (Phi) is 2.93. The molecular weight excluding hydrogens is 212 g/mol. The second-order valence-electron chi connectivity index (χ2n) is 3.46. The van der Waals surface area contributed by atoms with E-state index in [0.29, 0.717) is 11.8 Å². The van der Waals surface area contributed by atoms with Crippen LogP contribution in [0.3, 0.4) is 0 Å². The van der Waals surface area contributed by atoms with E-state index in [4.69, 9.17) is 16.0 Å². The summed E-state index contributed by atoms with van der Waals surface area (Å²) in [5.74, 6) is 1.23. The summed E-state index contributed by atoms with van der Waals surface area (Å²) in [6, 6.07) is 6.12. The van der Waals surface area contributed by atoms with Gasteiger partial charge < -0.3 is 9.73 Å². The lowest BCUT2D eigenvalue weighted by Crippen LogP contribution is -2.17. The Balaban J connectivity index is 2.45. The van der Waals surface area contributed by atoms with E-state index in [1.807, 2.05) is 32.2 Å². The quantitative estimate of drug-likeness (QED) is 0.815. The number of hydrogen-bond acceptors (Lipinski definition) is 3. The van der Waals surface area contributed by atoms with Crippen LogP contribution in [0.25, 0.3) is 11.1 Å². The topological polar surface area (TPSA) is 38.1 Å². The summed E-state index contributed by atoms with van der Waals surface area (Å²) in [6.07, 6.45) is 0. The standard InChI is InChI=1S/C11H13ClN2O/c1-7-14-9-4-3-8(5-11(9)15-7)10(6-12)13-2/h3-5,10,13H,6H2,1-2H3. The summed E-state index contributed by atoms with van der Waals surface area (Å²) >= 11 is 5.85. The van der Waals surface area contributed by atoms with Crippen molar-refractivity contribution in [2.75, 3.05) is 12.9 Å². The number of halogens is 1. The van der Waals surface area contributed by atoms with Crippen LogP contribution in [0.5, 0.6) is 0 Å². The molecule has 0 aliphatic rings. The molecule has 0 aliphatic carbocycles. The molecule has 0 saturated heterocycles. The van der Waals surface area contributed by atoms with Gasteiger partial charge in [-0.15, -0.1) is 11.6 Å². The van der Waals surface area contributed by atoms with Gasteiger partial charge in [-0.1, -0.05) is 6.07 Å². The van der Waals surface area contributed by atoms with E-state index in [1.54, 1.807) is 0 Å². The van der Waals surface area contributed by atoms with Crippen LogP contribution in [0.1, 0.15) is 17.5 Å². The van der Waals surface area contributed by atoms with Gasteiger partial charge in [0.25, 0.3) is 0 Å². The van der Waals surface area contributed by atoms with Crippen molar-refractivity contribution in [2.24, 2.45) is 0 Å². The van der Waals surface area contributed by atoms with Crippen LogP contribution in [-0.4, -0.2) is 17.9 Å². The summed E-state index contributed by atoms with van der Waals surface area (Å²) in [5, 5.41) is 3.15. The number of alkyl halides is 1. The number of fused-ring (bicyclic) bond motifs is 1. The molecule has 0 fully saturated rings. The number of hydrogen-bond donors (Lipinski definition) is 1. The molecular formula is C11H13ClN2O. The molecule has 0 bridgehead atoms. The molecule has 15 heavy (non-hydrogen) atoms. The zero-order valence-electron chi connectivity index (χ0n) is 8.75. The zero-order chi connectivity index (χ0) is 10.8. The highest BCUT2D eigenvalue weighted by Crippen LogP contribution is 2.21. The van der Waals surface area contributed by atoms with Crippen LogP contribution in [0.4, 0.5) is 0 Å². The first kappa shape index (κ1) is 10.5. The monoisotopic (exact) mass is 224 g/mol. The van der Waals surface area contributed by atoms with E-state index in [-0.39, 0.29) is 6.04 Å². The molecule has 0 amide bonds. The molecule has 0 radical (unpaired) electrons. The number of oxazole rings is 1. The Morgan fingerprint density at radius 1 is 1.53 bits per heavy atom. The van der Waals surface area contributed by atoms with Crippen LogP contribution in [-0.2, 0) is 0 Å². The van der Waals surface area contributed by atoms with Gasteiger partial charge in [-0.3, -0.25) is 0 Å². The minimum absolute atomic E-state index is 0.154. The van der Waals surface area contributed by atoms with Crippen molar-refractivity contribution in [1.29, 1.82) is 0 Å². The van der Waals surface area contributed by atoms with E-state index < -0.39 is 0 Å². The minimum atomic E-state index is 0.154. The van der Waals surface area contributed by atoms with E-state index in [0.717, 1.165) is 16.7 Å². The van der Waals surface area contributed by atoms with Crippen molar-refractivity contribution in [3.63, 3.8) is 0 Å². The third-order valence-corrected chi connectivity index (χ3v) is 2.73. The summed E-state index contributed by atoms with van der Waals surface area (Å²) in [5.41, 5.74) is 2.83. The largest absolute Gasteiger partial charge is 0.441 e. The van der Waals surface area contributed by atoms with Crippen LogP contribution >= 0.6 is 11.6 Å². The first-order chi connectivity index (χ1) is 7.24. The third kappa shape index (κ3) is 1.98. The number of nitrogens with one attached hydrogen (secondary N) is 1. The Labute approximate surface area is 93.4 Å². The minimum Gasteiger partial charge on any atom is -0.441 e. The van der Waals surface area contributed by atoms with E-state index in [1.165, 1.54) is 0 Å². The molecule has 1 N–H and O–H groups in total. The Morgan fingerprint density at radius 2 is 2.33 bits per heavy atom. The van der Waals surface area contributed by atoms with Gasteiger partial charge in [-0.05, 0) is 24.7 Å². The van der Waals surface area contributed by atoms with Gasteiger partial charge >= 0.3 is 0 Å². The van der Waals surface area contributed by atoms with Crippen molar-refractivity contribution < 1.29 is 4.42 Å². The highest BCUT2D eigenvalue weighted by Gasteiger charge is 2.10. The molecule has 2 rings (SSSR count).